The second kappa shape index (κ2) is 5.26. The summed E-state index contributed by atoms with van der Waals surface area (Å²) in [6.07, 6.45) is 0.491. The summed E-state index contributed by atoms with van der Waals surface area (Å²) in [5, 5.41) is 8.85. The average molecular weight is 272 g/mol. The third kappa shape index (κ3) is 3.45. The first-order valence-electron chi connectivity index (χ1n) is 5.80. The number of carbonyl (C=O) groups is 1. The minimum absolute atomic E-state index is 0.0204. The number of rotatable bonds is 4. The fourth-order valence-electron chi connectivity index (χ4n) is 2.12. The van der Waals surface area contributed by atoms with Crippen molar-refractivity contribution < 1.29 is 18.7 Å². The van der Waals surface area contributed by atoms with E-state index in [2.05, 4.69) is 0 Å². The van der Waals surface area contributed by atoms with Gasteiger partial charge in [-0.2, -0.15) is 0 Å². The zero-order chi connectivity index (χ0) is 13.2. The molecule has 1 aliphatic rings. The van der Waals surface area contributed by atoms with Gasteiger partial charge in [0.2, 0.25) is 5.92 Å². The SMILES string of the molecule is O=C(O)c1cccc(SCC2CCC(F)(F)C2)c1. The summed E-state index contributed by atoms with van der Waals surface area (Å²) in [4.78, 5) is 11.6. The summed E-state index contributed by atoms with van der Waals surface area (Å²) in [7, 11) is 0. The van der Waals surface area contributed by atoms with E-state index in [1.165, 1.54) is 17.8 Å². The molecule has 0 saturated heterocycles. The second-order valence-corrected chi connectivity index (χ2v) is 5.70. The molecule has 1 aromatic carbocycles. The number of thioether (sulfide) groups is 1. The van der Waals surface area contributed by atoms with Gasteiger partial charge in [-0.15, -0.1) is 11.8 Å². The number of carboxylic acids is 1. The number of benzene rings is 1. The van der Waals surface area contributed by atoms with Gasteiger partial charge >= 0.3 is 5.97 Å². The number of aromatic carboxylic acids is 1. The number of halogens is 2. The summed E-state index contributed by atoms with van der Waals surface area (Å²) in [6.45, 7) is 0. The standard InChI is InChI=1S/C13H14F2O2S/c14-13(15)5-4-9(7-13)8-18-11-3-1-2-10(6-11)12(16)17/h1-3,6,9H,4-5,7-8H2,(H,16,17). The monoisotopic (exact) mass is 272 g/mol. The van der Waals surface area contributed by atoms with Gasteiger partial charge in [0, 0.05) is 23.5 Å². The molecule has 1 atom stereocenters. The zero-order valence-electron chi connectivity index (χ0n) is 9.73. The van der Waals surface area contributed by atoms with Crippen LogP contribution in [-0.2, 0) is 0 Å². The van der Waals surface area contributed by atoms with Gasteiger partial charge in [0.1, 0.15) is 0 Å². The smallest absolute Gasteiger partial charge is 0.335 e. The molecule has 2 rings (SSSR count). The molecule has 1 saturated carbocycles. The third-order valence-electron chi connectivity index (χ3n) is 3.07. The van der Waals surface area contributed by atoms with E-state index in [4.69, 9.17) is 5.11 Å². The van der Waals surface area contributed by atoms with E-state index in [1.54, 1.807) is 12.1 Å². The molecular formula is C13H14F2O2S. The first kappa shape index (κ1) is 13.3. The van der Waals surface area contributed by atoms with E-state index < -0.39 is 11.9 Å². The lowest BCUT2D eigenvalue weighted by Crippen LogP contribution is -2.10. The molecule has 2 nitrogen and oxygen atoms in total. The van der Waals surface area contributed by atoms with Crippen molar-refractivity contribution in [2.45, 2.75) is 30.1 Å². The van der Waals surface area contributed by atoms with Gasteiger partial charge in [-0.1, -0.05) is 6.07 Å². The highest BCUT2D eigenvalue weighted by atomic mass is 32.2. The fraction of sp³-hybridized carbons (Fsp3) is 0.462. The molecule has 5 heteroatoms. The topological polar surface area (TPSA) is 37.3 Å². The van der Waals surface area contributed by atoms with Crippen LogP contribution in [0, 0.1) is 5.92 Å². The normalized spacial score (nSPS) is 22.0. The maximum absolute atomic E-state index is 13.0. The van der Waals surface area contributed by atoms with Gasteiger partial charge in [-0.3, -0.25) is 0 Å². The summed E-state index contributed by atoms with van der Waals surface area (Å²) in [6, 6.07) is 6.59. The Hall–Kier alpha value is -1.10. The Morgan fingerprint density at radius 2 is 2.28 bits per heavy atom. The largest absolute Gasteiger partial charge is 0.478 e. The molecule has 1 N–H and O–H groups in total. The fourth-order valence-corrected chi connectivity index (χ4v) is 3.21. The van der Waals surface area contributed by atoms with Crippen molar-refractivity contribution >= 4 is 17.7 Å². The predicted octanol–water partition coefficient (Wildman–Crippen LogP) is 3.91. The lowest BCUT2D eigenvalue weighted by atomic mass is 10.1. The maximum atomic E-state index is 13.0. The molecule has 0 bridgehead atoms. The van der Waals surface area contributed by atoms with Crippen LogP contribution in [0.2, 0.25) is 0 Å². The number of hydrogen-bond donors (Lipinski definition) is 1. The van der Waals surface area contributed by atoms with Crippen molar-refractivity contribution in [2.24, 2.45) is 5.92 Å². The molecule has 1 fully saturated rings. The van der Waals surface area contributed by atoms with Crippen molar-refractivity contribution in [3.63, 3.8) is 0 Å². The average Bonchev–Trinajstić information content (AvgIpc) is 2.67. The van der Waals surface area contributed by atoms with E-state index in [1.807, 2.05) is 6.07 Å². The first-order valence-corrected chi connectivity index (χ1v) is 6.79. The van der Waals surface area contributed by atoms with Crippen LogP contribution in [0.4, 0.5) is 8.78 Å². The Bertz CT molecular complexity index is 448. The van der Waals surface area contributed by atoms with Gasteiger partial charge in [-0.25, -0.2) is 13.6 Å². The molecule has 1 aromatic rings. The second-order valence-electron chi connectivity index (χ2n) is 4.61. The summed E-state index contributed by atoms with van der Waals surface area (Å²) in [5.41, 5.74) is 0.233. The lowest BCUT2D eigenvalue weighted by molar-refractivity contribution is 0.00595. The summed E-state index contributed by atoms with van der Waals surface area (Å²) in [5.74, 6) is -2.82. The highest BCUT2D eigenvalue weighted by Crippen LogP contribution is 2.41. The zero-order valence-corrected chi connectivity index (χ0v) is 10.6. The van der Waals surface area contributed by atoms with Crippen LogP contribution >= 0.6 is 11.8 Å². The quantitative estimate of drug-likeness (QED) is 0.844. The Kier molecular flexibility index (Phi) is 3.90. The van der Waals surface area contributed by atoms with Crippen molar-refractivity contribution in [3.8, 4) is 0 Å². The van der Waals surface area contributed by atoms with Gasteiger partial charge in [-0.05, 0) is 30.5 Å². The summed E-state index contributed by atoms with van der Waals surface area (Å²) < 4.78 is 26.0. The third-order valence-corrected chi connectivity index (χ3v) is 4.30. The minimum Gasteiger partial charge on any atom is -0.478 e. The molecule has 1 unspecified atom stereocenters. The molecule has 18 heavy (non-hydrogen) atoms. The summed E-state index contributed by atoms with van der Waals surface area (Å²) >= 11 is 1.45. The maximum Gasteiger partial charge on any atom is 0.335 e. The van der Waals surface area contributed by atoms with Crippen molar-refractivity contribution in [1.29, 1.82) is 0 Å². The molecule has 0 aliphatic heterocycles. The molecule has 0 amide bonds. The van der Waals surface area contributed by atoms with Gasteiger partial charge in [0.15, 0.2) is 0 Å². The van der Waals surface area contributed by atoms with Crippen LogP contribution in [0.15, 0.2) is 29.2 Å². The Balaban J connectivity index is 1.91. The molecule has 1 aliphatic carbocycles. The van der Waals surface area contributed by atoms with Gasteiger partial charge in [0.05, 0.1) is 5.56 Å². The highest BCUT2D eigenvalue weighted by Gasteiger charge is 2.39. The molecule has 0 aromatic heterocycles. The number of carboxylic acid groups (broad SMARTS) is 1. The van der Waals surface area contributed by atoms with Gasteiger partial charge in [0.25, 0.3) is 0 Å². The number of alkyl halides is 2. The van der Waals surface area contributed by atoms with E-state index >= 15 is 0 Å². The van der Waals surface area contributed by atoms with Crippen LogP contribution in [0.25, 0.3) is 0 Å². The first-order chi connectivity index (χ1) is 8.46. The van der Waals surface area contributed by atoms with E-state index in [-0.39, 0.29) is 24.3 Å². The number of hydrogen-bond acceptors (Lipinski definition) is 2. The van der Waals surface area contributed by atoms with E-state index in [9.17, 15) is 13.6 Å². The van der Waals surface area contributed by atoms with Gasteiger partial charge < -0.3 is 5.11 Å². The van der Waals surface area contributed by atoms with E-state index in [0.29, 0.717) is 12.2 Å². The van der Waals surface area contributed by atoms with Crippen molar-refractivity contribution in [3.05, 3.63) is 29.8 Å². The van der Waals surface area contributed by atoms with Crippen LogP contribution < -0.4 is 0 Å². The predicted molar refractivity (Wildman–Crippen MR) is 66.4 cm³/mol. The Labute approximate surface area is 108 Å². The Morgan fingerprint density at radius 3 is 2.89 bits per heavy atom. The van der Waals surface area contributed by atoms with Crippen molar-refractivity contribution in [2.75, 3.05) is 5.75 Å². The lowest BCUT2D eigenvalue weighted by Gasteiger charge is -2.10. The van der Waals surface area contributed by atoms with Crippen LogP contribution in [0.5, 0.6) is 0 Å². The molecule has 98 valence electrons. The van der Waals surface area contributed by atoms with E-state index in [0.717, 1.165) is 4.90 Å². The molecule has 0 heterocycles. The highest BCUT2D eigenvalue weighted by molar-refractivity contribution is 7.99. The van der Waals surface area contributed by atoms with Crippen LogP contribution in [-0.4, -0.2) is 22.8 Å². The Morgan fingerprint density at radius 1 is 1.50 bits per heavy atom. The van der Waals surface area contributed by atoms with Crippen LogP contribution in [0.1, 0.15) is 29.6 Å². The molecule has 0 spiro atoms. The minimum atomic E-state index is -2.51. The molecular weight excluding hydrogens is 258 g/mol. The molecule has 0 radical (unpaired) electrons. The van der Waals surface area contributed by atoms with Crippen molar-refractivity contribution in [1.82, 2.24) is 0 Å². The van der Waals surface area contributed by atoms with Crippen LogP contribution in [0.3, 0.4) is 0 Å².